The van der Waals surface area contributed by atoms with Crippen molar-refractivity contribution in [1.82, 2.24) is 24.6 Å². The molecule has 8 heteroatoms. The van der Waals surface area contributed by atoms with Crippen LogP contribution in [0.2, 0.25) is 0 Å². The predicted octanol–water partition coefficient (Wildman–Crippen LogP) is 1.71. The molecule has 0 fully saturated rings. The Labute approximate surface area is 156 Å². The largest absolute Gasteiger partial charge is 0.496 e. The molecule has 1 aromatic carbocycles. The number of methoxy groups -OCH3 is 1. The quantitative estimate of drug-likeness (QED) is 0.714. The molecule has 0 aliphatic rings. The molecule has 27 heavy (non-hydrogen) atoms. The number of ether oxygens (including phenoxy) is 1. The lowest BCUT2D eigenvalue weighted by molar-refractivity contribution is -0.122. The van der Waals surface area contributed by atoms with E-state index in [4.69, 9.17) is 4.74 Å². The molecular formula is C19H23N5O3. The number of benzene rings is 1. The Bertz CT molecular complexity index is 1040. The Morgan fingerprint density at radius 3 is 2.89 bits per heavy atom. The van der Waals surface area contributed by atoms with E-state index in [1.54, 1.807) is 18.8 Å². The van der Waals surface area contributed by atoms with Gasteiger partial charge in [0.05, 0.1) is 25.7 Å². The third-order valence-corrected chi connectivity index (χ3v) is 4.53. The minimum absolute atomic E-state index is 0.149. The molecule has 1 atom stereocenters. The zero-order chi connectivity index (χ0) is 19.6. The van der Waals surface area contributed by atoms with Crippen molar-refractivity contribution in [2.75, 3.05) is 7.11 Å². The van der Waals surface area contributed by atoms with E-state index in [1.165, 1.54) is 17.1 Å². The first-order chi connectivity index (χ1) is 12.9. The van der Waals surface area contributed by atoms with Gasteiger partial charge < -0.3 is 10.1 Å². The van der Waals surface area contributed by atoms with Crippen molar-refractivity contribution >= 4 is 16.9 Å². The second kappa shape index (κ2) is 7.61. The van der Waals surface area contributed by atoms with E-state index in [2.05, 4.69) is 15.4 Å². The fourth-order valence-electron chi connectivity index (χ4n) is 3.03. The summed E-state index contributed by atoms with van der Waals surface area (Å²) >= 11 is 0. The highest BCUT2D eigenvalue weighted by Gasteiger charge is 2.15. The van der Waals surface area contributed by atoms with Crippen molar-refractivity contribution in [3.8, 4) is 5.75 Å². The second-order valence-electron chi connectivity index (χ2n) is 6.53. The smallest absolute Gasteiger partial charge is 0.264 e. The molecule has 0 spiro atoms. The zero-order valence-corrected chi connectivity index (χ0v) is 15.9. The highest BCUT2D eigenvalue weighted by atomic mass is 16.5. The number of hydrogen-bond acceptors (Lipinski definition) is 5. The van der Waals surface area contributed by atoms with Crippen LogP contribution in [-0.4, -0.2) is 32.3 Å². The van der Waals surface area contributed by atoms with Crippen molar-refractivity contribution in [2.24, 2.45) is 7.05 Å². The van der Waals surface area contributed by atoms with Gasteiger partial charge in [0.1, 0.15) is 11.1 Å². The molecule has 0 saturated heterocycles. The number of amides is 1. The molecule has 2 heterocycles. The van der Waals surface area contributed by atoms with Gasteiger partial charge in [-0.25, -0.2) is 4.98 Å². The van der Waals surface area contributed by atoms with E-state index in [-0.39, 0.29) is 30.5 Å². The molecular weight excluding hydrogens is 346 g/mol. The summed E-state index contributed by atoms with van der Waals surface area (Å²) in [6.07, 6.45) is 3.12. The Hall–Kier alpha value is -3.16. The zero-order valence-electron chi connectivity index (χ0n) is 15.9. The van der Waals surface area contributed by atoms with E-state index in [1.807, 2.05) is 32.0 Å². The Kier molecular flexibility index (Phi) is 5.25. The van der Waals surface area contributed by atoms with Crippen LogP contribution in [0.4, 0.5) is 0 Å². The molecule has 0 radical (unpaired) electrons. The summed E-state index contributed by atoms with van der Waals surface area (Å²) in [4.78, 5) is 29.0. The van der Waals surface area contributed by atoms with Crippen molar-refractivity contribution in [2.45, 2.75) is 32.9 Å². The van der Waals surface area contributed by atoms with Gasteiger partial charge in [-0.2, -0.15) is 5.10 Å². The lowest BCUT2D eigenvalue weighted by Gasteiger charge is -2.18. The van der Waals surface area contributed by atoms with Crippen LogP contribution in [0.5, 0.6) is 5.75 Å². The van der Waals surface area contributed by atoms with Crippen LogP contribution in [0.15, 0.2) is 35.5 Å². The summed E-state index contributed by atoms with van der Waals surface area (Å²) in [6.45, 7) is 4.15. The summed E-state index contributed by atoms with van der Waals surface area (Å²) < 4.78 is 8.36. The average Bonchev–Trinajstić information content (AvgIpc) is 3.03. The number of carbonyl (C=O) groups is 1. The number of nitrogens with zero attached hydrogens (tertiary/aromatic N) is 4. The minimum atomic E-state index is -0.206. The van der Waals surface area contributed by atoms with Gasteiger partial charge in [0.15, 0.2) is 5.65 Å². The van der Waals surface area contributed by atoms with Crippen LogP contribution < -0.4 is 15.6 Å². The van der Waals surface area contributed by atoms with Crippen LogP contribution >= 0.6 is 0 Å². The maximum Gasteiger partial charge on any atom is 0.264 e. The van der Waals surface area contributed by atoms with Crippen LogP contribution in [0, 0.1) is 6.92 Å². The summed E-state index contributed by atoms with van der Waals surface area (Å²) in [5.41, 5.74) is 2.34. The van der Waals surface area contributed by atoms with Gasteiger partial charge in [0.2, 0.25) is 5.91 Å². The van der Waals surface area contributed by atoms with Gasteiger partial charge in [0, 0.05) is 25.6 Å². The van der Waals surface area contributed by atoms with Gasteiger partial charge in [-0.05, 0) is 19.9 Å². The van der Waals surface area contributed by atoms with E-state index in [0.29, 0.717) is 11.0 Å². The fourth-order valence-corrected chi connectivity index (χ4v) is 3.03. The van der Waals surface area contributed by atoms with E-state index in [0.717, 1.165) is 16.9 Å². The third-order valence-electron chi connectivity index (χ3n) is 4.53. The monoisotopic (exact) mass is 369 g/mol. The highest BCUT2D eigenvalue weighted by Crippen LogP contribution is 2.26. The van der Waals surface area contributed by atoms with E-state index >= 15 is 0 Å². The molecule has 0 saturated carbocycles. The van der Waals surface area contributed by atoms with E-state index < -0.39 is 0 Å². The van der Waals surface area contributed by atoms with Crippen LogP contribution in [-0.2, 0) is 18.4 Å². The molecule has 0 aliphatic heterocycles. The third kappa shape index (κ3) is 3.84. The van der Waals surface area contributed by atoms with Crippen molar-refractivity contribution in [3.63, 3.8) is 0 Å². The molecule has 0 bridgehead atoms. The Balaban J connectivity index is 1.67. The Morgan fingerprint density at radius 2 is 2.15 bits per heavy atom. The first-order valence-electron chi connectivity index (χ1n) is 8.71. The van der Waals surface area contributed by atoms with Crippen LogP contribution in [0.1, 0.15) is 30.5 Å². The van der Waals surface area contributed by atoms with Gasteiger partial charge in [-0.3, -0.25) is 18.8 Å². The average molecular weight is 369 g/mol. The van der Waals surface area contributed by atoms with Crippen LogP contribution in [0.25, 0.3) is 11.0 Å². The minimum Gasteiger partial charge on any atom is -0.496 e. The number of aryl methyl sites for hydroxylation is 3. The number of fused-ring (bicyclic) bond motifs is 1. The standard InChI is InChI=1S/C19H23N5O3/c1-12-5-6-16(27-4)14(9-12)13(2)22-17(25)7-8-24-11-20-18-15(19(24)26)10-21-23(18)3/h5-6,9-11,13H,7-8H2,1-4H3,(H,22,25). The second-order valence-corrected chi connectivity index (χ2v) is 6.53. The summed E-state index contributed by atoms with van der Waals surface area (Å²) in [5.74, 6) is 0.583. The summed E-state index contributed by atoms with van der Waals surface area (Å²) in [6, 6.07) is 5.64. The number of rotatable bonds is 6. The van der Waals surface area contributed by atoms with Gasteiger partial charge in [-0.15, -0.1) is 0 Å². The topological polar surface area (TPSA) is 91.0 Å². The summed E-state index contributed by atoms with van der Waals surface area (Å²) in [5, 5.41) is 7.44. The van der Waals surface area contributed by atoms with Gasteiger partial charge >= 0.3 is 0 Å². The molecule has 1 unspecified atom stereocenters. The molecule has 8 nitrogen and oxygen atoms in total. The van der Waals surface area contributed by atoms with Crippen molar-refractivity contribution < 1.29 is 9.53 Å². The number of nitrogens with one attached hydrogen (secondary N) is 1. The predicted molar refractivity (Wildman–Crippen MR) is 102 cm³/mol. The maximum absolute atomic E-state index is 12.4. The van der Waals surface area contributed by atoms with Crippen molar-refractivity contribution in [3.05, 3.63) is 52.2 Å². The first kappa shape index (κ1) is 18.6. The molecule has 2 aromatic heterocycles. The Morgan fingerprint density at radius 1 is 1.37 bits per heavy atom. The molecule has 1 N–H and O–H groups in total. The first-order valence-corrected chi connectivity index (χ1v) is 8.71. The SMILES string of the molecule is COc1ccc(C)cc1C(C)NC(=O)CCn1cnc2c(cnn2C)c1=O. The van der Waals surface area contributed by atoms with E-state index in [9.17, 15) is 9.59 Å². The highest BCUT2D eigenvalue weighted by molar-refractivity contribution is 5.76. The fraction of sp³-hybridized carbons (Fsp3) is 0.368. The normalized spacial score (nSPS) is 12.1. The summed E-state index contributed by atoms with van der Waals surface area (Å²) in [7, 11) is 3.34. The molecule has 142 valence electrons. The number of aromatic nitrogens is 4. The maximum atomic E-state index is 12.4. The van der Waals surface area contributed by atoms with Gasteiger partial charge in [0.25, 0.3) is 5.56 Å². The number of hydrogen-bond donors (Lipinski definition) is 1. The van der Waals surface area contributed by atoms with Gasteiger partial charge in [-0.1, -0.05) is 17.7 Å². The van der Waals surface area contributed by atoms with Crippen LogP contribution in [0.3, 0.4) is 0 Å². The number of carbonyl (C=O) groups excluding carboxylic acids is 1. The molecule has 3 rings (SSSR count). The van der Waals surface area contributed by atoms with Crippen molar-refractivity contribution in [1.29, 1.82) is 0 Å². The molecule has 3 aromatic rings. The molecule has 0 aliphatic carbocycles. The lowest BCUT2D eigenvalue weighted by atomic mass is 10.0. The molecule has 1 amide bonds. The lowest BCUT2D eigenvalue weighted by Crippen LogP contribution is -2.29.